The molecule has 2 amide bonds. The first kappa shape index (κ1) is 17.9. The van der Waals surface area contributed by atoms with Gasteiger partial charge in [0.1, 0.15) is 10.9 Å². The van der Waals surface area contributed by atoms with E-state index in [9.17, 15) is 14.4 Å². The number of aryl methyl sites for hydroxylation is 2. The lowest BCUT2D eigenvalue weighted by Crippen LogP contribution is -2.44. The number of carboxylic acid groups (broad SMARTS) is 1. The zero-order valence-electron chi connectivity index (χ0n) is 13.8. The van der Waals surface area contributed by atoms with Gasteiger partial charge < -0.3 is 15.7 Å². The predicted molar refractivity (Wildman–Crippen MR) is 90.1 cm³/mol. The molecule has 24 heavy (non-hydrogen) atoms. The SMILES string of the molecule is Cc1nn(C)c2sc(C(=O)NC(C)C(=O)NCCCC(=O)O)cc12. The maximum absolute atomic E-state index is 12.3. The van der Waals surface area contributed by atoms with Crippen molar-refractivity contribution in [2.24, 2.45) is 7.05 Å². The van der Waals surface area contributed by atoms with Crippen LogP contribution in [0.15, 0.2) is 6.07 Å². The van der Waals surface area contributed by atoms with E-state index in [0.717, 1.165) is 15.9 Å². The number of aromatic nitrogens is 2. The van der Waals surface area contributed by atoms with Crippen molar-refractivity contribution < 1.29 is 19.5 Å². The number of nitrogens with zero attached hydrogens (tertiary/aromatic N) is 2. The Bertz CT molecular complexity index is 745. The fourth-order valence-corrected chi connectivity index (χ4v) is 3.28. The van der Waals surface area contributed by atoms with Crippen LogP contribution in [0.5, 0.6) is 0 Å². The number of thiophene rings is 1. The first-order valence-electron chi connectivity index (χ1n) is 7.53. The number of carboxylic acids is 1. The van der Waals surface area contributed by atoms with Crippen LogP contribution >= 0.6 is 11.3 Å². The number of aliphatic carboxylic acids is 1. The fraction of sp³-hybridized carbons (Fsp3) is 0.467. The van der Waals surface area contributed by atoms with Crippen molar-refractivity contribution in [1.82, 2.24) is 20.4 Å². The lowest BCUT2D eigenvalue weighted by molar-refractivity contribution is -0.137. The summed E-state index contributed by atoms with van der Waals surface area (Å²) in [6.45, 7) is 3.73. The Balaban J connectivity index is 1.91. The molecule has 1 atom stereocenters. The molecule has 8 nitrogen and oxygen atoms in total. The zero-order valence-corrected chi connectivity index (χ0v) is 14.6. The normalized spacial score (nSPS) is 12.1. The molecule has 9 heteroatoms. The summed E-state index contributed by atoms with van der Waals surface area (Å²) >= 11 is 1.32. The fourth-order valence-electron chi connectivity index (χ4n) is 2.25. The van der Waals surface area contributed by atoms with Crippen LogP contribution in [-0.2, 0) is 16.6 Å². The van der Waals surface area contributed by atoms with Crippen LogP contribution in [0, 0.1) is 6.92 Å². The lowest BCUT2D eigenvalue weighted by atomic mass is 10.2. The minimum absolute atomic E-state index is 0.00378. The number of hydrogen-bond donors (Lipinski definition) is 3. The predicted octanol–water partition coefficient (Wildman–Crippen LogP) is 1.04. The number of fused-ring (bicyclic) bond motifs is 1. The third-order valence-electron chi connectivity index (χ3n) is 3.53. The average molecular weight is 352 g/mol. The molecule has 2 aromatic heterocycles. The molecule has 0 fully saturated rings. The van der Waals surface area contributed by atoms with E-state index in [4.69, 9.17) is 5.11 Å². The second-order valence-electron chi connectivity index (χ2n) is 5.52. The smallest absolute Gasteiger partial charge is 0.303 e. The summed E-state index contributed by atoms with van der Waals surface area (Å²) in [4.78, 5) is 36.0. The summed E-state index contributed by atoms with van der Waals surface area (Å²) in [5.74, 6) is -1.56. The number of nitrogens with one attached hydrogen (secondary N) is 2. The molecule has 0 radical (unpaired) electrons. The number of rotatable bonds is 7. The minimum Gasteiger partial charge on any atom is -0.481 e. The highest BCUT2D eigenvalue weighted by molar-refractivity contribution is 7.20. The molecule has 0 aliphatic carbocycles. The summed E-state index contributed by atoms with van der Waals surface area (Å²) in [6, 6.07) is 1.07. The number of amides is 2. The van der Waals surface area contributed by atoms with Gasteiger partial charge in [-0.25, -0.2) is 0 Å². The van der Waals surface area contributed by atoms with Crippen molar-refractivity contribution in [1.29, 1.82) is 0 Å². The second kappa shape index (κ2) is 7.43. The van der Waals surface area contributed by atoms with Crippen molar-refractivity contribution in [2.75, 3.05) is 6.54 Å². The Morgan fingerprint density at radius 2 is 2.12 bits per heavy atom. The Hall–Kier alpha value is -2.42. The summed E-state index contributed by atoms with van der Waals surface area (Å²) in [6.07, 6.45) is 0.348. The van der Waals surface area contributed by atoms with Gasteiger partial charge in [0, 0.05) is 25.4 Å². The lowest BCUT2D eigenvalue weighted by Gasteiger charge is -2.13. The molecule has 2 aromatic rings. The topological polar surface area (TPSA) is 113 Å². The maximum Gasteiger partial charge on any atom is 0.303 e. The van der Waals surface area contributed by atoms with Crippen LogP contribution in [0.25, 0.3) is 10.2 Å². The highest BCUT2D eigenvalue weighted by Crippen LogP contribution is 2.27. The van der Waals surface area contributed by atoms with Gasteiger partial charge in [-0.1, -0.05) is 0 Å². The highest BCUT2D eigenvalue weighted by Gasteiger charge is 2.19. The number of carbonyl (C=O) groups is 3. The first-order valence-corrected chi connectivity index (χ1v) is 8.34. The summed E-state index contributed by atoms with van der Waals surface area (Å²) in [7, 11) is 1.82. The van der Waals surface area contributed by atoms with Crippen molar-refractivity contribution in [3.05, 3.63) is 16.6 Å². The molecule has 2 rings (SSSR count). The molecule has 0 aliphatic heterocycles. The molecule has 0 bridgehead atoms. The summed E-state index contributed by atoms with van der Waals surface area (Å²) < 4.78 is 1.73. The van der Waals surface area contributed by atoms with Crippen LogP contribution in [0.4, 0.5) is 0 Å². The Morgan fingerprint density at radius 1 is 1.42 bits per heavy atom. The molecular weight excluding hydrogens is 332 g/mol. The molecule has 0 saturated heterocycles. The van der Waals surface area contributed by atoms with Gasteiger partial charge in [0.05, 0.1) is 10.6 Å². The van der Waals surface area contributed by atoms with Gasteiger partial charge >= 0.3 is 5.97 Å². The van der Waals surface area contributed by atoms with Crippen molar-refractivity contribution in [3.8, 4) is 0 Å². The Kier molecular flexibility index (Phi) is 5.55. The molecule has 130 valence electrons. The molecular formula is C15H20N4O4S. The van der Waals surface area contributed by atoms with E-state index < -0.39 is 12.0 Å². The Morgan fingerprint density at radius 3 is 2.75 bits per heavy atom. The zero-order chi connectivity index (χ0) is 17.9. The maximum atomic E-state index is 12.3. The molecule has 2 heterocycles. The summed E-state index contributed by atoms with van der Waals surface area (Å²) in [5.41, 5.74) is 0.854. The van der Waals surface area contributed by atoms with Crippen molar-refractivity contribution in [3.63, 3.8) is 0 Å². The minimum atomic E-state index is -0.903. The largest absolute Gasteiger partial charge is 0.481 e. The van der Waals surface area contributed by atoms with E-state index in [0.29, 0.717) is 11.3 Å². The van der Waals surface area contributed by atoms with Gasteiger partial charge in [0.15, 0.2) is 0 Å². The quantitative estimate of drug-likeness (QED) is 0.645. The van der Waals surface area contributed by atoms with E-state index in [2.05, 4.69) is 15.7 Å². The standard InChI is InChI=1S/C15H20N4O4S/c1-8-10-7-11(24-15(10)19(3)18-8)14(23)17-9(2)13(22)16-6-4-5-12(20)21/h7,9H,4-6H2,1-3H3,(H,16,22)(H,17,23)(H,20,21). The van der Waals surface area contributed by atoms with Crippen LogP contribution in [-0.4, -0.2) is 45.3 Å². The van der Waals surface area contributed by atoms with Crippen LogP contribution < -0.4 is 10.6 Å². The molecule has 3 N–H and O–H groups in total. The van der Waals surface area contributed by atoms with Crippen molar-refractivity contribution in [2.45, 2.75) is 32.7 Å². The van der Waals surface area contributed by atoms with Gasteiger partial charge in [0.2, 0.25) is 5.91 Å². The van der Waals surface area contributed by atoms with Gasteiger partial charge in [-0.2, -0.15) is 5.10 Å². The van der Waals surface area contributed by atoms with Crippen molar-refractivity contribution >= 4 is 39.3 Å². The van der Waals surface area contributed by atoms with Gasteiger partial charge in [-0.15, -0.1) is 11.3 Å². The van der Waals surface area contributed by atoms with Crippen LogP contribution in [0.3, 0.4) is 0 Å². The second-order valence-corrected chi connectivity index (χ2v) is 6.55. The van der Waals surface area contributed by atoms with Crippen LogP contribution in [0.1, 0.15) is 35.1 Å². The van der Waals surface area contributed by atoms with E-state index >= 15 is 0 Å². The highest BCUT2D eigenvalue weighted by atomic mass is 32.1. The third kappa shape index (κ3) is 4.10. The average Bonchev–Trinajstić information content (AvgIpc) is 3.05. The molecule has 0 saturated carbocycles. The Labute approximate surface area is 142 Å². The third-order valence-corrected chi connectivity index (χ3v) is 4.73. The van der Waals surface area contributed by atoms with E-state index in [1.165, 1.54) is 11.3 Å². The molecule has 1 unspecified atom stereocenters. The van der Waals surface area contributed by atoms with Gasteiger partial charge in [-0.05, 0) is 26.3 Å². The number of carbonyl (C=O) groups excluding carboxylic acids is 2. The van der Waals surface area contributed by atoms with Gasteiger partial charge in [0.25, 0.3) is 5.91 Å². The summed E-state index contributed by atoms with van der Waals surface area (Å²) in [5, 5.41) is 19.0. The molecule has 0 aliphatic rings. The van der Waals surface area contributed by atoms with Gasteiger partial charge in [-0.3, -0.25) is 19.1 Å². The van der Waals surface area contributed by atoms with Crippen LogP contribution in [0.2, 0.25) is 0 Å². The van der Waals surface area contributed by atoms with E-state index in [1.54, 1.807) is 17.7 Å². The van der Waals surface area contributed by atoms with E-state index in [-0.39, 0.29) is 24.8 Å². The number of hydrogen-bond acceptors (Lipinski definition) is 5. The first-order chi connectivity index (χ1) is 11.3. The molecule has 0 spiro atoms. The monoisotopic (exact) mass is 352 g/mol. The molecule has 0 aromatic carbocycles. The van der Waals surface area contributed by atoms with E-state index in [1.807, 2.05) is 14.0 Å².